The zero-order valence-corrected chi connectivity index (χ0v) is 18.2. The fourth-order valence-corrected chi connectivity index (χ4v) is 4.48. The lowest BCUT2D eigenvalue weighted by molar-refractivity contribution is -0.130. The van der Waals surface area contributed by atoms with Crippen molar-refractivity contribution in [2.24, 2.45) is 7.05 Å². The highest BCUT2D eigenvalue weighted by atomic mass is 16.2. The number of piperidine rings is 1. The maximum Gasteiger partial charge on any atom is 0.238 e. The van der Waals surface area contributed by atoms with Crippen LogP contribution in [0.4, 0.5) is 5.69 Å². The number of hydrogen-bond donors (Lipinski definition) is 2. The first-order valence-corrected chi connectivity index (χ1v) is 10.5. The largest absolute Gasteiger partial charge is 0.358 e. The van der Waals surface area contributed by atoms with E-state index in [0.717, 1.165) is 41.2 Å². The third-order valence-corrected chi connectivity index (χ3v) is 6.14. The van der Waals surface area contributed by atoms with Crippen LogP contribution in [0.2, 0.25) is 0 Å². The van der Waals surface area contributed by atoms with E-state index < -0.39 is 5.41 Å². The number of aryl methyl sites for hydroxylation is 2. The lowest BCUT2D eigenvalue weighted by Crippen LogP contribution is -2.55. The van der Waals surface area contributed by atoms with Gasteiger partial charge in [-0.05, 0) is 56.6 Å². The summed E-state index contributed by atoms with van der Waals surface area (Å²) < 4.78 is 2.02. The van der Waals surface area contributed by atoms with Gasteiger partial charge in [-0.3, -0.25) is 19.5 Å². The summed E-state index contributed by atoms with van der Waals surface area (Å²) in [5.74, 6) is 0.750. The number of amides is 2. The van der Waals surface area contributed by atoms with Gasteiger partial charge in [-0.15, -0.1) is 0 Å². The van der Waals surface area contributed by atoms with E-state index >= 15 is 0 Å². The molecule has 8 heteroatoms. The van der Waals surface area contributed by atoms with Crippen LogP contribution in [-0.2, 0) is 22.1 Å². The molecule has 3 heterocycles. The summed E-state index contributed by atoms with van der Waals surface area (Å²) in [7, 11) is 3.62. The van der Waals surface area contributed by atoms with E-state index in [0.29, 0.717) is 13.0 Å². The van der Waals surface area contributed by atoms with E-state index in [4.69, 9.17) is 0 Å². The highest BCUT2D eigenvalue weighted by Gasteiger charge is 2.44. The Labute approximate surface area is 181 Å². The van der Waals surface area contributed by atoms with E-state index in [9.17, 15) is 9.59 Å². The molecule has 0 bridgehead atoms. The van der Waals surface area contributed by atoms with E-state index in [1.807, 2.05) is 59.8 Å². The van der Waals surface area contributed by atoms with Crippen molar-refractivity contribution < 1.29 is 9.59 Å². The van der Waals surface area contributed by atoms with Crippen molar-refractivity contribution in [3.8, 4) is 0 Å². The second-order valence-electron chi connectivity index (χ2n) is 8.16. The predicted octanol–water partition coefficient (Wildman–Crippen LogP) is 2.00. The lowest BCUT2D eigenvalue weighted by Gasteiger charge is -2.40. The van der Waals surface area contributed by atoms with Crippen molar-refractivity contribution in [2.75, 3.05) is 32.0 Å². The number of aromatic nitrogens is 3. The second kappa shape index (κ2) is 8.47. The van der Waals surface area contributed by atoms with Crippen LogP contribution < -0.4 is 10.6 Å². The molecule has 2 aromatic heterocycles. The van der Waals surface area contributed by atoms with Crippen molar-refractivity contribution in [1.29, 1.82) is 0 Å². The minimum atomic E-state index is -0.751. The fraction of sp³-hybridized carbons (Fsp3) is 0.391. The Kier molecular flexibility index (Phi) is 5.73. The van der Waals surface area contributed by atoms with Crippen LogP contribution in [0, 0.1) is 6.92 Å². The molecule has 0 spiro atoms. The van der Waals surface area contributed by atoms with Crippen molar-refractivity contribution in [3.63, 3.8) is 0 Å². The summed E-state index contributed by atoms with van der Waals surface area (Å²) in [6, 6.07) is 11.4. The minimum Gasteiger partial charge on any atom is -0.358 e. The summed E-state index contributed by atoms with van der Waals surface area (Å²) >= 11 is 0. The number of carbonyl (C=O) groups is 2. The molecular formula is C23H28N6O2. The molecule has 3 aromatic rings. The minimum absolute atomic E-state index is 0.0627. The maximum absolute atomic E-state index is 12.9. The van der Waals surface area contributed by atoms with E-state index in [1.54, 1.807) is 13.2 Å². The van der Waals surface area contributed by atoms with E-state index in [2.05, 4.69) is 20.6 Å². The van der Waals surface area contributed by atoms with Crippen LogP contribution in [0.5, 0.6) is 0 Å². The molecule has 1 saturated heterocycles. The van der Waals surface area contributed by atoms with Crippen LogP contribution in [0.25, 0.3) is 11.0 Å². The average Bonchev–Trinajstić information content (AvgIpc) is 3.06. The van der Waals surface area contributed by atoms with E-state index in [1.165, 1.54) is 0 Å². The molecule has 1 aliphatic rings. The Hall–Kier alpha value is -3.26. The molecule has 1 fully saturated rings. The number of anilines is 1. The smallest absolute Gasteiger partial charge is 0.238 e. The Balaban J connectivity index is 1.48. The Morgan fingerprint density at radius 3 is 2.81 bits per heavy atom. The monoisotopic (exact) mass is 420 g/mol. The van der Waals surface area contributed by atoms with Crippen molar-refractivity contribution >= 4 is 28.5 Å². The predicted molar refractivity (Wildman–Crippen MR) is 120 cm³/mol. The topological polar surface area (TPSA) is 92.2 Å². The number of rotatable bonds is 5. The standard InChI is InChI=1S/C23H28N6O2/c1-16-26-18-13-17(8-9-19(18)28(16)3)27-21(30)14-29-12-6-10-23(15-29,22(31)24-2)20-7-4-5-11-25-20/h4-5,7-9,11,13H,6,10,12,14-15H2,1-3H3,(H,24,31)(H,27,30)/t23-/m1/s1. The summed E-state index contributed by atoms with van der Waals surface area (Å²) in [6.45, 7) is 3.38. The van der Waals surface area contributed by atoms with Crippen LogP contribution >= 0.6 is 0 Å². The van der Waals surface area contributed by atoms with Gasteiger partial charge in [0.15, 0.2) is 0 Å². The first kappa shape index (κ1) is 21.0. The average molecular weight is 421 g/mol. The summed E-state index contributed by atoms with van der Waals surface area (Å²) in [5, 5.41) is 5.77. The first-order chi connectivity index (χ1) is 14.9. The van der Waals surface area contributed by atoms with Gasteiger partial charge in [-0.2, -0.15) is 0 Å². The lowest BCUT2D eigenvalue weighted by atomic mass is 9.75. The van der Waals surface area contributed by atoms with Crippen molar-refractivity contribution in [1.82, 2.24) is 24.8 Å². The van der Waals surface area contributed by atoms with Crippen LogP contribution in [0.3, 0.4) is 0 Å². The Morgan fingerprint density at radius 1 is 1.23 bits per heavy atom. The summed E-state index contributed by atoms with van der Waals surface area (Å²) in [6.07, 6.45) is 3.23. The van der Waals surface area contributed by atoms with Crippen molar-refractivity contribution in [3.05, 3.63) is 54.1 Å². The van der Waals surface area contributed by atoms with Gasteiger partial charge in [0.05, 0.1) is 23.3 Å². The van der Waals surface area contributed by atoms with Gasteiger partial charge in [0.2, 0.25) is 11.8 Å². The molecule has 2 N–H and O–H groups in total. The van der Waals surface area contributed by atoms with Crippen molar-refractivity contribution in [2.45, 2.75) is 25.2 Å². The van der Waals surface area contributed by atoms with E-state index in [-0.39, 0.29) is 18.4 Å². The number of hydrogen-bond acceptors (Lipinski definition) is 5. The molecule has 31 heavy (non-hydrogen) atoms. The number of fused-ring (bicyclic) bond motifs is 1. The second-order valence-corrected chi connectivity index (χ2v) is 8.16. The molecule has 1 aliphatic heterocycles. The molecule has 2 amide bonds. The normalized spacial score (nSPS) is 19.3. The molecule has 1 aromatic carbocycles. The SMILES string of the molecule is CNC(=O)[C@]1(c2ccccn2)CCCN(CC(=O)Nc2ccc3c(c2)nc(C)n3C)C1. The molecule has 8 nitrogen and oxygen atoms in total. The third kappa shape index (κ3) is 4.03. The number of imidazole rings is 1. The van der Waals surface area contributed by atoms with Crippen LogP contribution in [-0.4, -0.2) is 57.9 Å². The molecule has 0 saturated carbocycles. The highest BCUT2D eigenvalue weighted by Crippen LogP contribution is 2.33. The Bertz CT molecular complexity index is 1110. The molecule has 0 aliphatic carbocycles. The molecule has 0 radical (unpaired) electrons. The summed E-state index contributed by atoms with van der Waals surface area (Å²) in [4.78, 5) is 36.7. The quantitative estimate of drug-likeness (QED) is 0.659. The van der Waals surface area contributed by atoms with Gasteiger partial charge in [0, 0.05) is 32.5 Å². The molecule has 1 atom stereocenters. The molecule has 0 unspecified atom stereocenters. The third-order valence-electron chi connectivity index (χ3n) is 6.14. The number of nitrogens with one attached hydrogen (secondary N) is 2. The highest BCUT2D eigenvalue weighted by molar-refractivity contribution is 5.94. The van der Waals surface area contributed by atoms with Gasteiger partial charge >= 0.3 is 0 Å². The zero-order valence-electron chi connectivity index (χ0n) is 18.2. The van der Waals surface area contributed by atoms with Gasteiger partial charge in [-0.1, -0.05) is 6.07 Å². The maximum atomic E-state index is 12.9. The number of benzene rings is 1. The van der Waals surface area contributed by atoms with Gasteiger partial charge < -0.3 is 15.2 Å². The Morgan fingerprint density at radius 2 is 2.06 bits per heavy atom. The number of nitrogens with zero attached hydrogens (tertiary/aromatic N) is 4. The van der Waals surface area contributed by atoms with Crippen LogP contribution in [0.1, 0.15) is 24.4 Å². The summed E-state index contributed by atoms with van der Waals surface area (Å²) in [5.41, 5.74) is 2.59. The molecule has 4 rings (SSSR count). The van der Waals surface area contributed by atoms with Gasteiger partial charge in [0.1, 0.15) is 11.2 Å². The van der Waals surface area contributed by atoms with Gasteiger partial charge in [0.25, 0.3) is 0 Å². The van der Waals surface area contributed by atoms with Gasteiger partial charge in [-0.25, -0.2) is 4.98 Å². The zero-order chi connectivity index (χ0) is 22.0. The first-order valence-electron chi connectivity index (χ1n) is 10.5. The fourth-order valence-electron chi connectivity index (χ4n) is 4.48. The number of pyridine rings is 1. The number of carbonyl (C=O) groups excluding carboxylic acids is 2. The molecule has 162 valence electrons. The molecular weight excluding hydrogens is 392 g/mol. The number of likely N-dealkylation sites (N-methyl/N-ethyl adjacent to an activating group) is 1. The van der Waals surface area contributed by atoms with Crippen LogP contribution in [0.15, 0.2) is 42.6 Å². The number of likely N-dealkylation sites (tertiary alicyclic amines) is 1.